The van der Waals surface area contributed by atoms with Crippen LogP contribution in [0.25, 0.3) is 11.0 Å². The van der Waals surface area contributed by atoms with Crippen LogP contribution in [-0.4, -0.2) is 54.7 Å². The van der Waals surface area contributed by atoms with Gasteiger partial charge in [0.15, 0.2) is 0 Å². The third-order valence-corrected chi connectivity index (χ3v) is 8.03. The Labute approximate surface area is 178 Å². The molecule has 1 saturated carbocycles. The van der Waals surface area contributed by atoms with Crippen LogP contribution in [0.4, 0.5) is 0 Å². The van der Waals surface area contributed by atoms with Crippen molar-refractivity contribution in [1.29, 1.82) is 0 Å². The van der Waals surface area contributed by atoms with Crippen LogP contribution in [-0.2, 0) is 24.1 Å². The van der Waals surface area contributed by atoms with Crippen molar-refractivity contribution in [3.63, 3.8) is 0 Å². The molecule has 0 N–H and O–H groups in total. The lowest BCUT2D eigenvalue weighted by Gasteiger charge is -2.31. The van der Waals surface area contributed by atoms with Crippen molar-refractivity contribution in [2.24, 2.45) is 14.1 Å². The van der Waals surface area contributed by atoms with Crippen molar-refractivity contribution in [3.05, 3.63) is 45.3 Å². The van der Waals surface area contributed by atoms with Gasteiger partial charge in [-0.3, -0.25) is 13.9 Å². The molecule has 1 aliphatic carbocycles. The Bertz CT molecular complexity index is 1400. The lowest BCUT2D eigenvalue weighted by molar-refractivity contribution is 0.304. The molecule has 0 bridgehead atoms. The molecule has 164 valence electrons. The molecule has 5 rings (SSSR count). The highest BCUT2D eigenvalue weighted by Crippen LogP contribution is 2.38. The average molecular weight is 446 g/mol. The Balaban J connectivity index is 1.51. The summed E-state index contributed by atoms with van der Waals surface area (Å²) in [6, 6.07) is 1.74. The number of aromatic nitrogens is 6. The summed E-state index contributed by atoms with van der Waals surface area (Å²) in [5, 5.41) is 8.41. The maximum atomic E-state index is 13.4. The van der Waals surface area contributed by atoms with Crippen LogP contribution in [0.3, 0.4) is 0 Å². The van der Waals surface area contributed by atoms with Gasteiger partial charge in [-0.1, -0.05) is 0 Å². The highest BCUT2D eigenvalue weighted by molar-refractivity contribution is 7.89. The van der Waals surface area contributed by atoms with Crippen LogP contribution in [0, 0.1) is 0 Å². The zero-order valence-electron chi connectivity index (χ0n) is 17.3. The number of aryl methyl sites for hydroxylation is 1. The monoisotopic (exact) mass is 445 g/mol. The van der Waals surface area contributed by atoms with E-state index in [4.69, 9.17) is 0 Å². The third-order valence-electron chi connectivity index (χ3n) is 6.20. The number of rotatable bonds is 4. The van der Waals surface area contributed by atoms with Gasteiger partial charge in [-0.05, 0) is 31.7 Å². The maximum Gasteiger partial charge on any atom is 0.332 e. The summed E-state index contributed by atoms with van der Waals surface area (Å²) >= 11 is 0. The van der Waals surface area contributed by atoms with Gasteiger partial charge in [0, 0.05) is 45.3 Å². The minimum absolute atomic E-state index is 0.0336. The highest BCUT2D eigenvalue weighted by Gasteiger charge is 2.35. The molecule has 1 unspecified atom stereocenters. The van der Waals surface area contributed by atoms with Crippen molar-refractivity contribution in [1.82, 2.24) is 33.2 Å². The third kappa shape index (κ3) is 3.21. The van der Waals surface area contributed by atoms with Gasteiger partial charge in [-0.2, -0.15) is 4.31 Å². The predicted molar refractivity (Wildman–Crippen MR) is 111 cm³/mol. The second-order valence-electron chi connectivity index (χ2n) is 8.28. The molecule has 4 heterocycles. The Kier molecular flexibility index (Phi) is 4.59. The zero-order valence-corrected chi connectivity index (χ0v) is 18.1. The minimum Gasteiger partial charge on any atom is -0.314 e. The minimum atomic E-state index is -3.87. The molecule has 12 heteroatoms. The van der Waals surface area contributed by atoms with Crippen molar-refractivity contribution < 1.29 is 8.42 Å². The molecular formula is C19H23N7O4S. The lowest BCUT2D eigenvalue weighted by atomic mass is 9.99. The van der Waals surface area contributed by atoms with Gasteiger partial charge in [0.1, 0.15) is 22.7 Å². The number of hydrogen-bond acceptors (Lipinski definition) is 7. The predicted octanol–water partition coefficient (Wildman–Crippen LogP) is 0.127. The van der Waals surface area contributed by atoms with E-state index in [9.17, 15) is 18.0 Å². The van der Waals surface area contributed by atoms with Crippen LogP contribution in [0.2, 0.25) is 0 Å². The van der Waals surface area contributed by atoms with Crippen LogP contribution >= 0.6 is 0 Å². The van der Waals surface area contributed by atoms with Crippen molar-refractivity contribution >= 4 is 21.1 Å². The summed E-state index contributed by atoms with van der Waals surface area (Å²) in [5.74, 6) is 0.802. The van der Waals surface area contributed by atoms with E-state index >= 15 is 0 Å². The normalized spacial score (nSPS) is 20.4. The van der Waals surface area contributed by atoms with E-state index in [1.807, 2.05) is 0 Å². The lowest BCUT2D eigenvalue weighted by Crippen LogP contribution is -2.40. The van der Waals surface area contributed by atoms with E-state index in [1.54, 1.807) is 6.33 Å². The average Bonchev–Trinajstić information content (AvgIpc) is 3.51. The van der Waals surface area contributed by atoms with Crippen molar-refractivity contribution in [3.8, 4) is 0 Å². The highest BCUT2D eigenvalue weighted by atomic mass is 32.2. The number of hydrogen-bond donors (Lipinski definition) is 0. The van der Waals surface area contributed by atoms with E-state index in [0.717, 1.165) is 29.7 Å². The van der Waals surface area contributed by atoms with E-state index in [2.05, 4.69) is 19.7 Å². The largest absolute Gasteiger partial charge is 0.332 e. The molecule has 1 aliphatic heterocycles. The van der Waals surface area contributed by atoms with E-state index in [-0.39, 0.29) is 21.8 Å². The SMILES string of the molecule is Cn1c(=O)c2cc(S(=O)(=O)N3CCCC(c4nncn4C4CC4)C3)cnc2n(C)c1=O. The molecule has 0 spiro atoms. The first-order valence-corrected chi connectivity index (χ1v) is 11.7. The quantitative estimate of drug-likeness (QED) is 0.559. The van der Waals surface area contributed by atoms with Crippen LogP contribution in [0.1, 0.15) is 43.5 Å². The topological polar surface area (TPSA) is 125 Å². The first kappa shape index (κ1) is 20.1. The van der Waals surface area contributed by atoms with Crippen LogP contribution < -0.4 is 11.2 Å². The number of pyridine rings is 1. The fourth-order valence-electron chi connectivity index (χ4n) is 4.29. The molecule has 11 nitrogen and oxygen atoms in total. The van der Waals surface area contributed by atoms with Crippen molar-refractivity contribution in [2.75, 3.05) is 13.1 Å². The van der Waals surface area contributed by atoms with E-state index in [1.165, 1.54) is 35.2 Å². The van der Waals surface area contributed by atoms with Crippen LogP contribution in [0.5, 0.6) is 0 Å². The molecule has 1 saturated heterocycles. The Hall–Kier alpha value is -2.86. The Morgan fingerprint density at radius 1 is 1.10 bits per heavy atom. The molecule has 0 radical (unpaired) electrons. The fraction of sp³-hybridized carbons (Fsp3) is 0.526. The molecule has 2 aliphatic rings. The molecule has 3 aromatic rings. The Morgan fingerprint density at radius 2 is 1.87 bits per heavy atom. The van der Waals surface area contributed by atoms with E-state index < -0.39 is 21.3 Å². The van der Waals surface area contributed by atoms with Crippen LogP contribution in [0.15, 0.2) is 33.1 Å². The summed E-state index contributed by atoms with van der Waals surface area (Å²) in [5.41, 5.74) is -0.933. The molecule has 2 fully saturated rings. The Morgan fingerprint density at radius 3 is 2.61 bits per heavy atom. The van der Waals surface area contributed by atoms with Gasteiger partial charge in [0.25, 0.3) is 5.56 Å². The molecule has 31 heavy (non-hydrogen) atoms. The summed E-state index contributed by atoms with van der Waals surface area (Å²) < 4.78 is 32.5. The molecule has 3 aromatic heterocycles. The smallest absolute Gasteiger partial charge is 0.314 e. The molecule has 0 aromatic carbocycles. The number of fused-ring (bicyclic) bond motifs is 1. The summed E-state index contributed by atoms with van der Waals surface area (Å²) in [6.45, 7) is 0.691. The number of piperidine rings is 1. The van der Waals surface area contributed by atoms with Gasteiger partial charge < -0.3 is 4.57 Å². The fourth-order valence-corrected chi connectivity index (χ4v) is 5.78. The molecular weight excluding hydrogens is 422 g/mol. The summed E-state index contributed by atoms with van der Waals surface area (Å²) in [6.07, 6.45) is 6.69. The maximum absolute atomic E-state index is 13.4. The number of sulfonamides is 1. The standard InChI is InChI=1S/C19H23N7O4S/c1-23-17-15(18(27)24(2)19(23)28)8-14(9-20-17)31(29,30)25-7-3-4-12(10-25)16-22-21-11-26(16)13-5-6-13/h8-9,11-13H,3-7,10H2,1-2H3. The summed E-state index contributed by atoms with van der Waals surface area (Å²) in [4.78, 5) is 28.7. The van der Waals surface area contributed by atoms with Gasteiger partial charge in [-0.25, -0.2) is 18.2 Å². The second kappa shape index (κ2) is 7.09. The number of nitrogens with zero attached hydrogens (tertiary/aromatic N) is 7. The van der Waals surface area contributed by atoms with E-state index in [0.29, 0.717) is 25.6 Å². The van der Waals surface area contributed by atoms with Gasteiger partial charge in [0.2, 0.25) is 10.0 Å². The second-order valence-corrected chi connectivity index (χ2v) is 10.2. The van der Waals surface area contributed by atoms with Gasteiger partial charge in [0.05, 0.1) is 5.39 Å². The molecule has 1 atom stereocenters. The summed E-state index contributed by atoms with van der Waals surface area (Å²) in [7, 11) is -1.02. The molecule has 0 amide bonds. The first-order chi connectivity index (χ1) is 14.8. The zero-order chi connectivity index (χ0) is 21.9. The van der Waals surface area contributed by atoms with Crippen molar-refractivity contribution in [2.45, 2.75) is 42.5 Å². The van der Waals surface area contributed by atoms with Gasteiger partial charge >= 0.3 is 5.69 Å². The van der Waals surface area contributed by atoms with Gasteiger partial charge in [-0.15, -0.1) is 10.2 Å². The first-order valence-electron chi connectivity index (χ1n) is 10.2.